The van der Waals surface area contributed by atoms with Gasteiger partial charge in [0.05, 0.1) is 6.61 Å². The Kier molecular flexibility index (Phi) is 3.62. The van der Waals surface area contributed by atoms with E-state index in [1.165, 1.54) is 0 Å². The summed E-state index contributed by atoms with van der Waals surface area (Å²) < 4.78 is 19.5. The number of aliphatic hydroxyl groups is 2. The number of rotatable bonds is 3. The first-order valence-electron chi connectivity index (χ1n) is 3.79. The van der Waals surface area contributed by atoms with Gasteiger partial charge in [-0.05, 0) is 0 Å². The second-order valence-electron chi connectivity index (χ2n) is 2.87. The Morgan fingerprint density at radius 1 is 1.50 bits per heavy atom. The van der Waals surface area contributed by atoms with Crippen molar-refractivity contribution in [2.24, 2.45) is 5.73 Å². The van der Waals surface area contributed by atoms with Gasteiger partial charge in [0.1, 0.15) is 24.5 Å². The minimum atomic E-state index is -4.74. The highest BCUT2D eigenvalue weighted by Gasteiger charge is 2.45. The molecule has 0 saturated carbocycles. The normalized spacial score (nSPS) is 38.9. The van der Waals surface area contributed by atoms with Gasteiger partial charge >= 0.3 is 7.82 Å². The van der Waals surface area contributed by atoms with Crippen LogP contribution in [-0.4, -0.2) is 51.1 Å². The lowest BCUT2D eigenvalue weighted by Gasteiger charge is -2.19. The first-order chi connectivity index (χ1) is 6.35. The van der Waals surface area contributed by atoms with Crippen molar-refractivity contribution in [1.82, 2.24) is 0 Å². The van der Waals surface area contributed by atoms with Crippen molar-refractivity contribution in [3.05, 3.63) is 0 Å². The summed E-state index contributed by atoms with van der Waals surface area (Å²) in [5, 5.41) is 18.0. The molecule has 0 aliphatic carbocycles. The van der Waals surface area contributed by atoms with Crippen LogP contribution in [0.1, 0.15) is 0 Å². The molecule has 0 aromatic heterocycles. The molecule has 4 atom stereocenters. The van der Waals surface area contributed by atoms with Crippen LogP contribution in [0, 0.1) is 0 Å². The fourth-order valence-electron chi connectivity index (χ4n) is 1.20. The zero-order valence-electron chi connectivity index (χ0n) is 7.05. The van der Waals surface area contributed by atoms with Gasteiger partial charge in [-0.2, -0.15) is 0 Å². The molecule has 8 nitrogen and oxygen atoms in total. The second-order valence-corrected chi connectivity index (χ2v) is 4.06. The number of phosphoric acid groups is 1. The highest BCUT2D eigenvalue weighted by molar-refractivity contribution is 7.46. The van der Waals surface area contributed by atoms with Crippen molar-refractivity contribution in [2.75, 3.05) is 6.61 Å². The Balaban J connectivity index is 2.69. The van der Waals surface area contributed by atoms with Crippen molar-refractivity contribution in [2.45, 2.75) is 24.5 Å². The van der Waals surface area contributed by atoms with E-state index in [0.29, 0.717) is 0 Å². The number of aliphatic hydroxyl groups excluding tert-OH is 2. The van der Waals surface area contributed by atoms with Crippen LogP contribution in [-0.2, 0) is 13.8 Å². The van der Waals surface area contributed by atoms with Crippen LogP contribution in [0.15, 0.2) is 0 Å². The third kappa shape index (κ3) is 2.72. The monoisotopic (exact) mass is 229 g/mol. The molecule has 1 heterocycles. The Hall–Kier alpha value is -0.0500. The fourth-order valence-corrected chi connectivity index (χ4v) is 1.78. The Bertz CT molecular complexity index is 242. The first-order valence-corrected chi connectivity index (χ1v) is 5.32. The molecule has 1 unspecified atom stereocenters. The van der Waals surface area contributed by atoms with Gasteiger partial charge in [0.25, 0.3) is 0 Å². The van der Waals surface area contributed by atoms with Gasteiger partial charge in [-0.25, -0.2) is 4.57 Å². The number of hydrogen-bond acceptors (Lipinski definition) is 6. The summed E-state index contributed by atoms with van der Waals surface area (Å²) in [7, 11) is -4.74. The fraction of sp³-hybridized carbons (Fsp3) is 1.00. The number of nitrogens with two attached hydrogens (primary N) is 1. The highest BCUT2D eigenvalue weighted by atomic mass is 31.2. The lowest BCUT2D eigenvalue weighted by Crippen LogP contribution is -2.38. The Morgan fingerprint density at radius 3 is 2.50 bits per heavy atom. The van der Waals surface area contributed by atoms with E-state index in [1.807, 2.05) is 0 Å². The Morgan fingerprint density at radius 2 is 2.07 bits per heavy atom. The summed E-state index contributed by atoms with van der Waals surface area (Å²) in [5.41, 5.74) is 5.24. The minimum absolute atomic E-state index is 0.546. The molecule has 0 spiro atoms. The van der Waals surface area contributed by atoms with Gasteiger partial charge in [0.2, 0.25) is 0 Å². The van der Waals surface area contributed by atoms with E-state index in [1.54, 1.807) is 0 Å². The van der Waals surface area contributed by atoms with Crippen molar-refractivity contribution in [3.63, 3.8) is 0 Å². The minimum Gasteiger partial charge on any atom is -0.394 e. The van der Waals surface area contributed by atoms with Crippen molar-refractivity contribution in [1.29, 1.82) is 0 Å². The van der Waals surface area contributed by atoms with E-state index in [2.05, 4.69) is 4.52 Å². The van der Waals surface area contributed by atoms with Crippen molar-refractivity contribution in [3.8, 4) is 0 Å². The van der Waals surface area contributed by atoms with Crippen LogP contribution in [0.4, 0.5) is 0 Å². The number of hydrogen-bond donors (Lipinski definition) is 5. The third-order valence-corrected chi connectivity index (χ3v) is 2.33. The van der Waals surface area contributed by atoms with E-state index in [4.69, 9.17) is 25.4 Å². The van der Waals surface area contributed by atoms with Crippen molar-refractivity contribution < 1.29 is 33.8 Å². The predicted octanol–water partition coefficient (Wildman–Crippen LogP) is -2.50. The molecule has 0 aromatic rings. The van der Waals surface area contributed by atoms with Gasteiger partial charge in [-0.15, -0.1) is 0 Å². The molecule has 1 fully saturated rings. The SMILES string of the molecule is NC1O[C@H](CO)[C@@H](OP(=O)(O)O)[C@H]1O. The molecule has 0 bridgehead atoms. The van der Waals surface area contributed by atoms with E-state index in [-0.39, 0.29) is 0 Å². The molecule has 0 amide bonds. The average molecular weight is 229 g/mol. The van der Waals surface area contributed by atoms with Gasteiger partial charge in [-0.1, -0.05) is 0 Å². The van der Waals surface area contributed by atoms with Gasteiger partial charge in [0.15, 0.2) is 0 Å². The molecule has 9 heteroatoms. The average Bonchev–Trinajstić information content (AvgIpc) is 2.30. The van der Waals surface area contributed by atoms with Crippen LogP contribution in [0.25, 0.3) is 0 Å². The maximum absolute atomic E-state index is 10.5. The maximum atomic E-state index is 10.5. The molecular weight excluding hydrogens is 217 g/mol. The molecule has 1 rings (SSSR count). The predicted molar refractivity (Wildman–Crippen MR) is 42.9 cm³/mol. The molecule has 0 radical (unpaired) electrons. The lowest BCUT2D eigenvalue weighted by molar-refractivity contribution is -0.0197. The Labute approximate surface area is 79.5 Å². The van der Waals surface area contributed by atoms with Crippen LogP contribution in [0.5, 0.6) is 0 Å². The molecule has 1 aliphatic heterocycles. The van der Waals surface area contributed by atoms with E-state index in [9.17, 15) is 9.67 Å². The molecule has 1 saturated heterocycles. The molecule has 6 N–H and O–H groups in total. The summed E-state index contributed by atoms with van der Waals surface area (Å²) in [6.45, 7) is -0.546. The van der Waals surface area contributed by atoms with E-state index < -0.39 is 39.0 Å². The second kappa shape index (κ2) is 4.21. The zero-order valence-corrected chi connectivity index (χ0v) is 7.95. The molecule has 0 aromatic carbocycles. The largest absolute Gasteiger partial charge is 0.470 e. The van der Waals surface area contributed by atoms with Crippen LogP contribution >= 0.6 is 7.82 Å². The smallest absolute Gasteiger partial charge is 0.394 e. The first kappa shape index (κ1) is 12.0. The summed E-state index contributed by atoms with van der Waals surface area (Å²) in [6, 6.07) is 0. The summed E-state index contributed by atoms with van der Waals surface area (Å²) in [4.78, 5) is 17.0. The van der Waals surface area contributed by atoms with Gasteiger partial charge in [-0.3, -0.25) is 4.52 Å². The van der Waals surface area contributed by atoms with Crippen LogP contribution in [0.3, 0.4) is 0 Å². The maximum Gasteiger partial charge on any atom is 0.470 e. The van der Waals surface area contributed by atoms with E-state index in [0.717, 1.165) is 0 Å². The molecular formula is C5H12NO7P. The number of ether oxygens (including phenoxy) is 1. The van der Waals surface area contributed by atoms with Gasteiger partial charge in [0, 0.05) is 0 Å². The third-order valence-electron chi connectivity index (χ3n) is 1.81. The van der Waals surface area contributed by atoms with Crippen molar-refractivity contribution >= 4 is 7.82 Å². The van der Waals surface area contributed by atoms with Crippen LogP contribution < -0.4 is 5.73 Å². The van der Waals surface area contributed by atoms with Crippen LogP contribution in [0.2, 0.25) is 0 Å². The molecule has 14 heavy (non-hydrogen) atoms. The summed E-state index contributed by atoms with van der Waals surface area (Å²) in [5.74, 6) is 0. The quantitative estimate of drug-likeness (QED) is 0.334. The van der Waals surface area contributed by atoms with Gasteiger partial charge < -0.3 is 30.5 Å². The number of phosphoric ester groups is 1. The topological polar surface area (TPSA) is 142 Å². The summed E-state index contributed by atoms with van der Waals surface area (Å²) >= 11 is 0. The zero-order chi connectivity index (χ0) is 10.9. The highest BCUT2D eigenvalue weighted by Crippen LogP contribution is 2.41. The molecule has 1 aliphatic rings. The lowest BCUT2D eigenvalue weighted by atomic mass is 10.1. The standard InChI is InChI=1S/C5H12NO7P/c6-5-3(8)4(2(1-7)12-5)13-14(9,10)11/h2-5,7-8H,1,6H2,(H2,9,10,11)/t2-,3-,4-,5?/m1/s1. The summed E-state index contributed by atoms with van der Waals surface area (Å²) in [6.07, 6.45) is -4.85. The van der Waals surface area contributed by atoms with E-state index >= 15 is 0 Å². The molecule has 84 valence electrons.